The summed E-state index contributed by atoms with van der Waals surface area (Å²) < 4.78 is 5.57. The molecule has 0 radical (unpaired) electrons. The van der Waals surface area contributed by atoms with E-state index in [0.29, 0.717) is 25.4 Å². The van der Waals surface area contributed by atoms with Gasteiger partial charge in [-0.25, -0.2) is 0 Å². The Bertz CT molecular complexity index is 843. The van der Waals surface area contributed by atoms with Gasteiger partial charge in [-0.3, -0.25) is 14.6 Å². The second-order valence-corrected chi connectivity index (χ2v) is 7.80. The van der Waals surface area contributed by atoms with Gasteiger partial charge in [0, 0.05) is 37.7 Å². The van der Waals surface area contributed by atoms with Crippen LogP contribution in [0.15, 0.2) is 54.7 Å². The molecule has 1 aromatic heterocycles. The van der Waals surface area contributed by atoms with E-state index in [4.69, 9.17) is 4.74 Å². The molecule has 2 heterocycles. The zero-order valence-corrected chi connectivity index (χ0v) is 16.1. The molecule has 2 aromatic rings. The first-order valence-electron chi connectivity index (χ1n) is 9.68. The number of para-hydroxylation sites is 1. The van der Waals surface area contributed by atoms with Crippen molar-refractivity contribution in [2.75, 3.05) is 26.7 Å². The maximum atomic E-state index is 12.8. The number of likely N-dealkylation sites (tertiary alicyclic amines) is 1. The first-order chi connectivity index (χ1) is 13.6. The molecule has 0 N–H and O–H groups in total. The monoisotopic (exact) mass is 379 g/mol. The van der Waals surface area contributed by atoms with Gasteiger partial charge in [-0.15, -0.1) is 0 Å². The second-order valence-electron chi connectivity index (χ2n) is 7.80. The lowest BCUT2D eigenvalue weighted by Gasteiger charge is -2.19. The van der Waals surface area contributed by atoms with Gasteiger partial charge < -0.3 is 14.5 Å². The Balaban J connectivity index is 1.28. The molecule has 0 bridgehead atoms. The summed E-state index contributed by atoms with van der Waals surface area (Å²) in [5.41, 5.74) is 0.840. The molecular weight excluding hydrogens is 354 g/mol. The van der Waals surface area contributed by atoms with Crippen molar-refractivity contribution in [2.45, 2.75) is 19.4 Å². The van der Waals surface area contributed by atoms with Crippen LogP contribution in [0.3, 0.4) is 0 Å². The lowest BCUT2D eigenvalue weighted by atomic mass is 10.0. The summed E-state index contributed by atoms with van der Waals surface area (Å²) in [7, 11) is 1.83. The van der Waals surface area contributed by atoms with Crippen molar-refractivity contribution < 1.29 is 14.3 Å². The molecule has 4 rings (SSSR count). The Morgan fingerprint density at radius 3 is 2.75 bits per heavy atom. The minimum absolute atomic E-state index is 0.00838. The van der Waals surface area contributed by atoms with Gasteiger partial charge in [0.25, 0.3) is 5.91 Å². The predicted octanol–water partition coefficient (Wildman–Crippen LogP) is 2.36. The number of amides is 2. The summed E-state index contributed by atoms with van der Waals surface area (Å²) in [6.07, 6.45) is 3.49. The van der Waals surface area contributed by atoms with Gasteiger partial charge in [0.05, 0.1) is 12.2 Å². The fourth-order valence-corrected chi connectivity index (χ4v) is 4.09. The highest BCUT2D eigenvalue weighted by Gasteiger charge is 2.61. The van der Waals surface area contributed by atoms with Gasteiger partial charge in [0.1, 0.15) is 5.75 Å². The van der Waals surface area contributed by atoms with Crippen LogP contribution in [0.4, 0.5) is 0 Å². The predicted molar refractivity (Wildman–Crippen MR) is 104 cm³/mol. The van der Waals surface area contributed by atoms with Gasteiger partial charge in [-0.05, 0) is 37.1 Å². The zero-order chi connectivity index (χ0) is 19.6. The molecular formula is C22H25N3O3. The highest BCUT2D eigenvalue weighted by atomic mass is 16.5. The summed E-state index contributed by atoms with van der Waals surface area (Å²) >= 11 is 0. The molecule has 1 spiro atoms. The van der Waals surface area contributed by atoms with Crippen molar-refractivity contribution in [2.24, 2.45) is 11.3 Å². The fraction of sp³-hybridized carbons (Fsp3) is 0.409. The summed E-state index contributed by atoms with van der Waals surface area (Å²) in [5.74, 6) is 0.843. The van der Waals surface area contributed by atoms with E-state index in [2.05, 4.69) is 4.98 Å². The number of carbonyl (C=O) groups is 2. The maximum absolute atomic E-state index is 12.8. The van der Waals surface area contributed by atoms with Gasteiger partial charge in [0.2, 0.25) is 5.91 Å². The fourth-order valence-electron chi connectivity index (χ4n) is 4.09. The second kappa shape index (κ2) is 7.62. The standard InChI is InChI=1S/C22H25N3O3/c1-24(14-17-7-5-6-11-23-17)21(27)19-13-22(19)10-12-25(16-22)20(26)15-28-18-8-3-2-4-9-18/h2-9,11,19H,10,12-16H2,1H3/t19-,22-/m1/s1. The Kier molecular flexibility index (Phi) is 5.03. The smallest absolute Gasteiger partial charge is 0.260 e. The molecule has 146 valence electrons. The van der Waals surface area contributed by atoms with Crippen LogP contribution in [0.1, 0.15) is 18.5 Å². The number of rotatable bonds is 6. The van der Waals surface area contributed by atoms with Crippen molar-refractivity contribution in [3.05, 3.63) is 60.4 Å². The molecule has 1 aliphatic heterocycles. The number of benzene rings is 1. The van der Waals surface area contributed by atoms with Crippen LogP contribution >= 0.6 is 0 Å². The Morgan fingerprint density at radius 1 is 1.21 bits per heavy atom. The molecule has 2 atom stereocenters. The molecule has 6 heteroatoms. The normalized spacial score (nSPS) is 22.9. The summed E-state index contributed by atoms with van der Waals surface area (Å²) in [5, 5.41) is 0. The number of pyridine rings is 1. The van der Waals surface area contributed by atoms with E-state index < -0.39 is 0 Å². The molecule has 1 saturated carbocycles. The summed E-state index contributed by atoms with van der Waals surface area (Å²) in [6.45, 7) is 1.90. The average molecular weight is 379 g/mol. The average Bonchev–Trinajstić information content (AvgIpc) is 3.26. The quantitative estimate of drug-likeness (QED) is 0.773. The van der Waals surface area contributed by atoms with Crippen LogP contribution in [0.5, 0.6) is 5.75 Å². The summed E-state index contributed by atoms with van der Waals surface area (Å²) in [6, 6.07) is 15.1. The van der Waals surface area contributed by atoms with Crippen LogP contribution in [0.25, 0.3) is 0 Å². The van der Waals surface area contributed by atoms with Crippen LogP contribution in [0.2, 0.25) is 0 Å². The van der Waals surface area contributed by atoms with E-state index in [1.807, 2.05) is 60.5 Å². The molecule has 0 unspecified atom stereocenters. The molecule has 2 amide bonds. The van der Waals surface area contributed by atoms with Gasteiger partial charge >= 0.3 is 0 Å². The Labute approximate surface area is 165 Å². The molecule has 2 fully saturated rings. The van der Waals surface area contributed by atoms with Crippen molar-refractivity contribution in [3.63, 3.8) is 0 Å². The van der Waals surface area contributed by atoms with Crippen LogP contribution in [-0.4, -0.2) is 53.3 Å². The van der Waals surface area contributed by atoms with Crippen molar-refractivity contribution in [1.82, 2.24) is 14.8 Å². The van der Waals surface area contributed by atoms with Crippen LogP contribution < -0.4 is 4.74 Å². The molecule has 1 aliphatic carbocycles. The molecule has 1 saturated heterocycles. The first kappa shape index (κ1) is 18.5. The number of aromatic nitrogens is 1. The lowest BCUT2D eigenvalue weighted by Crippen LogP contribution is -2.34. The molecule has 28 heavy (non-hydrogen) atoms. The Morgan fingerprint density at radius 2 is 2.00 bits per heavy atom. The van der Waals surface area contributed by atoms with Crippen molar-refractivity contribution >= 4 is 11.8 Å². The summed E-state index contributed by atoms with van der Waals surface area (Å²) in [4.78, 5) is 33.2. The van der Waals surface area contributed by atoms with E-state index in [1.165, 1.54) is 0 Å². The van der Waals surface area contributed by atoms with E-state index in [-0.39, 0.29) is 29.8 Å². The molecule has 1 aromatic carbocycles. The highest BCUT2D eigenvalue weighted by Crippen LogP contribution is 2.59. The van der Waals surface area contributed by atoms with Crippen molar-refractivity contribution in [1.29, 1.82) is 0 Å². The van der Waals surface area contributed by atoms with Crippen LogP contribution in [0, 0.1) is 11.3 Å². The topological polar surface area (TPSA) is 62.7 Å². The minimum Gasteiger partial charge on any atom is -0.484 e. The Hall–Kier alpha value is -2.89. The number of ether oxygens (including phenoxy) is 1. The minimum atomic E-state index is -0.0438. The zero-order valence-electron chi connectivity index (χ0n) is 16.1. The number of hydrogen-bond acceptors (Lipinski definition) is 4. The van der Waals surface area contributed by atoms with Gasteiger partial charge in [0.15, 0.2) is 6.61 Å². The number of carbonyl (C=O) groups excluding carboxylic acids is 2. The van der Waals surface area contributed by atoms with E-state index >= 15 is 0 Å². The first-order valence-corrected chi connectivity index (χ1v) is 9.68. The maximum Gasteiger partial charge on any atom is 0.260 e. The largest absolute Gasteiger partial charge is 0.484 e. The third kappa shape index (κ3) is 3.86. The van der Waals surface area contributed by atoms with Crippen LogP contribution in [-0.2, 0) is 16.1 Å². The third-order valence-electron chi connectivity index (χ3n) is 5.83. The lowest BCUT2D eigenvalue weighted by molar-refractivity contribution is -0.134. The van der Waals surface area contributed by atoms with E-state index in [0.717, 1.165) is 18.5 Å². The number of hydrogen-bond donors (Lipinski definition) is 0. The van der Waals surface area contributed by atoms with E-state index in [1.54, 1.807) is 11.1 Å². The number of nitrogens with zero attached hydrogens (tertiary/aromatic N) is 3. The van der Waals surface area contributed by atoms with E-state index in [9.17, 15) is 9.59 Å². The van der Waals surface area contributed by atoms with Gasteiger partial charge in [-0.2, -0.15) is 0 Å². The molecule has 2 aliphatic rings. The third-order valence-corrected chi connectivity index (χ3v) is 5.83. The molecule has 6 nitrogen and oxygen atoms in total. The van der Waals surface area contributed by atoms with Crippen molar-refractivity contribution in [3.8, 4) is 5.75 Å². The van der Waals surface area contributed by atoms with Gasteiger partial charge in [-0.1, -0.05) is 24.3 Å². The highest BCUT2D eigenvalue weighted by molar-refractivity contribution is 5.83. The SMILES string of the molecule is CN(Cc1ccccn1)C(=O)[C@H]1C[C@@]12CCN(C(=O)COc1ccccc1)C2.